The molecule has 0 spiro atoms. The molecule has 1 aromatic heterocycles. The molecular weight excluding hydrogens is 497 g/mol. The predicted octanol–water partition coefficient (Wildman–Crippen LogP) is 3.03. The first-order valence-corrected chi connectivity index (χ1v) is 13.3. The highest BCUT2D eigenvalue weighted by Gasteiger charge is 2.34. The average molecular weight is 524 g/mol. The lowest BCUT2D eigenvalue weighted by atomic mass is 9.99. The number of ether oxygens (including phenoxy) is 1. The Labute approximate surface area is 208 Å². The maximum absolute atomic E-state index is 14.8. The third kappa shape index (κ3) is 5.35. The molecule has 2 saturated heterocycles. The minimum absolute atomic E-state index is 0.00999. The van der Waals surface area contributed by atoms with Gasteiger partial charge in [0.05, 0.1) is 47.6 Å². The van der Waals surface area contributed by atoms with Gasteiger partial charge in [-0.15, -0.1) is 0 Å². The number of piperidine rings is 1. The number of nitrogens with zero attached hydrogens (tertiary/aromatic N) is 4. The lowest BCUT2D eigenvalue weighted by molar-refractivity contribution is -0.0234. The number of sulfonamides is 1. The summed E-state index contributed by atoms with van der Waals surface area (Å²) < 4.78 is 49.0. The molecule has 188 valence electrons. The second-order valence-corrected chi connectivity index (χ2v) is 11.3. The summed E-state index contributed by atoms with van der Waals surface area (Å²) in [4.78, 5) is 13.0. The molecule has 2 aromatic rings. The summed E-state index contributed by atoms with van der Waals surface area (Å²) in [5.74, 6) is 0. The van der Waals surface area contributed by atoms with Crippen LogP contribution in [-0.2, 0) is 14.8 Å². The first kappa shape index (κ1) is 25.6. The molecular formula is C23H27ClFN5O4S. The normalized spacial score (nSPS) is 22.0. The number of benzene rings is 1. The standard InChI is InChI=1S/C23H27ClFN5O4S/c1-16-3-4-17(12-26)11-20(16)35(32,33)29-8-5-18(6-9-29)30-22(31)21(24)19(13-28-30)27-14-23(25)7-2-10-34-15-23/h3-4,11,13,18,27H,2,5-10,14-15H2,1H3/t23-/m0/s1. The number of halogens is 2. The third-order valence-electron chi connectivity index (χ3n) is 6.52. The van der Waals surface area contributed by atoms with Gasteiger partial charge in [0.25, 0.3) is 5.56 Å². The number of alkyl halides is 1. The summed E-state index contributed by atoms with van der Waals surface area (Å²) in [6, 6.07) is 6.22. The second-order valence-electron chi connectivity index (χ2n) is 9.01. The van der Waals surface area contributed by atoms with Gasteiger partial charge in [0.1, 0.15) is 5.02 Å². The molecule has 2 fully saturated rings. The molecule has 2 aliphatic heterocycles. The zero-order valence-electron chi connectivity index (χ0n) is 19.3. The van der Waals surface area contributed by atoms with E-state index in [-0.39, 0.29) is 53.5 Å². The summed E-state index contributed by atoms with van der Waals surface area (Å²) in [6.45, 7) is 2.56. The Morgan fingerprint density at radius 3 is 2.77 bits per heavy atom. The van der Waals surface area contributed by atoms with Crippen LogP contribution >= 0.6 is 11.6 Å². The van der Waals surface area contributed by atoms with Gasteiger partial charge in [0, 0.05) is 19.7 Å². The predicted molar refractivity (Wildman–Crippen MR) is 129 cm³/mol. The van der Waals surface area contributed by atoms with Crippen LogP contribution in [0, 0.1) is 18.3 Å². The first-order chi connectivity index (χ1) is 16.6. The molecule has 0 radical (unpaired) electrons. The van der Waals surface area contributed by atoms with Crippen molar-refractivity contribution in [3.63, 3.8) is 0 Å². The van der Waals surface area contributed by atoms with Crippen molar-refractivity contribution in [1.29, 1.82) is 5.26 Å². The topological polar surface area (TPSA) is 117 Å². The maximum Gasteiger partial charge on any atom is 0.287 e. The highest BCUT2D eigenvalue weighted by Crippen LogP contribution is 2.29. The summed E-state index contributed by atoms with van der Waals surface area (Å²) in [6.07, 6.45) is 3.14. The molecule has 0 unspecified atom stereocenters. The quantitative estimate of drug-likeness (QED) is 0.618. The number of anilines is 1. The fourth-order valence-corrected chi connectivity index (χ4v) is 6.38. The minimum atomic E-state index is -3.79. The van der Waals surface area contributed by atoms with Crippen LogP contribution in [0.15, 0.2) is 34.1 Å². The van der Waals surface area contributed by atoms with E-state index >= 15 is 0 Å². The number of nitrogens with one attached hydrogen (secondary N) is 1. The third-order valence-corrected chi connectivity index (χ3v) is 8.92. The van der Waals surface area contributed by atoms with Gasteiger partial charge in [-0.05, 0) is 50.3 Å². The molecule has 12 heteroatoms. The van der Waals surface area contributed by atoms with Crippen molar-refractivity contribution >= 4 is 27.3 Å². The van der Waals surface area contributed by atoms with E-state index in [0.29, 0.717) is 37.9 Å². The van der Waals surface area contributed by atoms with E-state index in [1.165, 1.54) is 21.3 Å². The molecule has 1 N–H and O–H groups in total. The lowest BCUT2D eigenvalue weighted by Crippen LogP contribution is -2.42. The molecule has 4 rings (SSSR count). The van der Waals surface area contributed by atoms with Crippen LogP contribution in [0.4, 0.5) is 10.1 Å². The molecule has 9 nitrogen and oxygen atoms in total. The Morgan fingerprint density at radius 2 is 2.11 bits per heavy atom. The van der Waals surface area contributed by atoms with Crippen molar-refractivity contribution in [2.75, 3.05) is 38.2 Å². The smallest absolute Gasteiger partial charge is 0.287 e. The van der Waals surface area contributed by atoms with Crippen LogP contribution in [0.2, 0.25) is 5.02 Å². The van der Waals surface area contributed by atoms with E-state index in [2.05, 4.69) is 10.4 Å². The maximum atomic E-state index is 14.8. The second kappa shape index (κ2) is 10.2. The molecule has 0 amide bonds. The highest BCUT2D eigenvalue weighted by molar-refractivity contribution is 7.89. The van der Waals surface area contributed by atoms with Gasteiger partial charge in [0.2, 0.25) is 10.0 Å². The van der Waals surface area contributed by atoms with Crippen molar-refractivity contribution in [2.24, 2.45) is 0 Å². The molecule has 2 aliphatic rings. The molecule has 35 heavy (non-hydrogen) atoms. The van der Waals surface area contributed by atoms with Gasteiger partial charge >= 0.3 is 0 Å². The molecule has 0 aliphatic carbocycles. The average Bonchev–Trinajstić information content (AvgIpc) is 2.86. The molecule has 1 atom stereocenters. The highest BCUT2D eigenvalue weighted by atomic mass is 35.5. The van der Waals surface area contributed by atoms with Crippen LogP contribution in [0.1, 0.15) is 42.9 Å². The number of hydrogen-bond donors (Lipinski definition) is 1. The summed E-state index contributed by atoms with van der Waals surface area (Å²) in [7, 11) is -3.79. The van der Waals surface area contributed by atoms with Crippen LogP contribution in [0.5, 0.6) is 0 Å². The van der Waals surface area contributed by atoms with E-state index in [1.54, 1.807) is 19.1 Å². The fraction of sp³-hybridized carbons (Fsp3) is 0.522. The van der Waals surface area contributed by atoms with Crippen molar-refractivity contribution in [3.8, 4) is 6.07 Å². The van der Waals surface area contributed by atoms with Gasteiger partial charge in [-0.3, -0.25) is 4.79 Å². The lowest BCUT2D eigenvalue weighted by Gasteiger charge is -2.32. The number of hydrogen-bond acceptors (Lipinski definition) is 7. The fourth-order valence-electron chi connectivity index (χ4n) is 4.45. The van der Waals surface area contributed by atoms with Gasteiger partial charge < -0.3 is 10.1 Å². The minimum Gasteiger partial charge on any atom is -0.379 e. The first-order valence-electron chi connectivity index (χ1n) is 11.4. The van der Waals surface area contributed by atoms with Crippen molar-refractivity contribution in [3.05, 3.63) is 50.9 Å². The molecule has 0 saturated carbocycles. The summed E-state index contributed by atoms with van der Waals surface area (Å²) in [5.41, 5.74) is -0.946. The Morgan fingerprint density at radius 1 is 1.37 bits per heavy atom. The van der Waals surface area contributed by atoms with E-state index in [9.17, 15) is 17.6 Å². The number of nitriles is 1. The molecule has 0 bridgehead atoms. The summed E-state index contributed by atoms with van der Waals surface area (Å²) >= 11 is 6.29. The number of aromatic nitrogens is 2. The zero-order valence-corrected chi connectivity index (χ0v) is 20.9. The Hall–Kier alpha value is -2.52. The van der Waals surface area contributed by atoms with Crippen LogP contribution < -0.4 is 10.9 Å². The SMILES string of the molecule is Cc1ccc(C#N)cc1S(=O)(=O)N1CCC(n2ncc(NC[C@@]3(F)CCCOC3)c(Cl)c2=O)CC1. The zero-order chi connectivity index (χ0) is 25.2. The Bertz CT molecular complexity index is 1300. The Kier molecular flexibility index (Phi) is 7.47. The van der Waals surface area contributed by atoms with Crippen LogP contribution in [-0.4, -0.2) is 61.0 Å². The summed E-state index contributed by atoms with van der Waals surface area (Å²) in [5, 5.41) is 16.2. The van der Waals surface area contributed by atoms with Gasteiger partial charge in [0.15, 0.2) is 5.67 Å². The van der Waals surface area contributed by atoms with Gasteiger partial charge in [-0.1, -0.05) is 17.7 Å². The van der Waals surface area contributed by atoms with Crippen molar-refractivity contribution < 1.29 is 17.5 Å². The van der Waals surface area contributed by atoms with Crippen LogP contribution in [0.25, 0.3) is 0 Å². The van der Waals surface area contributed by atoms with Crippen molar-refractivity contribution in [1.82, 2.24) is 14.1 Å². The van der Waals surface area contributed by atoms with Gasteiger partial charge in [-0.25, -0.2) is 17.5 Å². The molecule has 1 aromatic carbocycles. The van der Waals surface area contributed by atoms with Gasteiger partial charge in [-0.2, -0.15) is 14.7 Å². The number of rotatable bonds is 6. The number of aryl methyl sites for hydroxylation is 1. The Balaban J connectivity index is 1.44. The van der Waals surface area contributed by atoms with Crippen molar-refractivity contribution in [2.45, 2.75) is 49.2 Å². The monoisotopic (exact) mass is 523 g/mol. The molecule has 3 heterocycles. The van der Waals surface area contributed by atoms with E-state index < -0.39 is 21.3 Å². The van der Waals surface area contributed by atoms with E-state index in [0.717, 1.165) is 0 Å². The van der Waals surface area contributed by atoms with E-state index in [4.69, 9.17) is 21.6 Å². The van der Waals surface area contributed by atoms with E-state index in [1.807, 2.05) is 6.07 Å². The largest absolute Gasteiger partial charge is 0.379 e. The van der Waals surface area contributed by atoms with Crippen LogP contribution in [0.3, 0.4) is 0 Å².